The molecule has 3 aromatic rings. The molecular formula is C22H24F2N2O2S. The van der Waals surface area contributed by atoms with Gasteiger partial charge in [0.15, 0.2) is 0 Å². The third kappa shape index (κ3) is 4.98. The number of carbonyl (C=O) groups is 1. The van der Waals surface area contributed by atoms with Gasteiger partial charge >= 0.3 is 0 Å². The third-order valence-corrected chi connectivity index (χ3v) is 5.80. The smallest absolute Gasteiger partial charge is 0.264 e. The van der Waals surface area contributed by atoms with E-state index in [0.717, 1.165) is 0 Å². The second kappa shape index (κ2) is 9.43. The molecule has 0 saturated carbocycles. The van der Waals surface area contributed by atoms with Crippen molar-refractivity contribution in [2.45, 2.75) is 13.2 Å². The molecule has 2 aromatic carbocycles. The number of likely N-dealkylation sites (N-methyl/N-ethyl adjacent to an activating group) is 1. The Hall–Kier alpha value is -2.35. The first kappa shape index (κ1) is 21.4. The number of thiophene rings is 1. The molecule has 0 radical (unpaired) electrons. The third-order valence-electron chi connectivity index (χ3n) is 4.61. The first-order valence-electron chi connectivity index (χ1n) is 9.28. The summed E-state index contributed by atoms with van der Waals surface area (Å²) in [5, 5.41) is 0.431. The van der Waals surface area contributed by atoms with Crippen LogP contribution in [0.5, 0.6) is 0 Å². The monoisotopic (exact) mass is 418 g/mol. The van der Waals surface area contributed by atoms with Gasteiger partial charge in [-0.3, -0.25) is 4.79 Å². The van der Waals surface area contributed by atoms with Crippen molar-refractivity contribution >= 4 is 27.3 Å². The Balaban J connectivity index is 2.00. The highest BCUT2D eigenvalue weighted by molar-refractivity contribution is 7.21. The summed E-state index contributed by atoms with van der Waals surface area (Å²) >= 11 is 1.26. The number of amides is 1. The van der Waals surface area contributed by atoms with E-state index in [9.17, 15) is 13.6 Å². The molecule has 0 unspecified atom stereocenters. The number of carbonyl (C=O) groups excluding carboxylic acids is 1. The van der Waals surface area contributed by atoms with Gasteiger partial charge in [0.2, 0.25) is 0 Å². The van der Waals surface area contributed by atoms with E-state index in [-0.39, 0.29) is 30.7 Å². The van der Waals surface area contributed by atoms with Gasteiger partial charge in [-0.25, -0.2) is 8.78 Å². The molecule has 0 spiro atoms. The van der Waals surface area contributed by atoms with Crippen LogP contribution in [0.2, 0.25) is 0 Å². The topological polar surface area (TPSA) is 32.8 Å². The van der Waals surface area contributed by atoms with E-state index in [1.54, 1.807) is 29.2 Å². The molecule has 1 aromatic heterocycles. The lowest BCUT2D eigenvalue weighted by atomic mass is 10.1. The highest BCUT2D eigenvalue weighted by Gasteiger charge is 2.25. The first-order valence-corrected chi connectivity index (χ1v) is 10.1. The summed E-state index contributed by atoms with van der Waals surface area (Å²) in [6.07, 6.45) is 0. The molecule has 154 valence electrons. The van der Waals surface area contributed by atoms with Crippen molar-refractivity contribution in [2.24, 2.45) is 0 Å². The van der Waals surface area contributed by atoms with Gasteiger partial charge in [0.05, 0.1) is 11.5 Å². The van der Waals surface area contributed by atoms with Crippen molar-refractivity contribution in [1.82, 2.24) is 9.80 Å². The van der Waals surface area contributed by atoms with Crippen LogP contribution in [0.15, 0.2) is 42.5 Å². The van der Waals surface area contributed by atoms with Crippen molar-refractivity contribution in [3.05, 3.63) is 70.1 Å². The average Bonchev–Trinajstić information content (AvgIpc) is 3.04. The zero-order valence-corrected chi connectivity index (χ0v) is 17.6. The van der Waals surface area contributed by atoms with Crippen LogP contribution in [0.3, 0.4) is 0 Å². The molecule has 1 amide bonds. The SMILES string of the molecule is COCc1c(C(=O)N(CCN(C)C)Cc2cccc(F)c2)sc2cccc(F)c12. The van der Waals surface area contributed by atoms with E-state index in [0.29, 0.717) is 39.2 Å². The minimum Gasteiger partial charge on any atom is -0.380 e. The Morgan fingerprint density at radius 3 is 2.55 bits per heavy atom. The largest absolute Gasteiger partial charge is 0.380 e. The Bertz CT molecular complexity index is 1000. The van der Waals surface area contributed by atoms with Crippen LogP contribution in [0.1, 0.15) is 20.8 Å². The van der Waals surface area contributed by atoms with Crippen molar-refractivity contribution < 1.29 is 18.3 Å². The molecule has 7 heteroatoms. The zero-order chi connectivity index (χ0) is 21.0. The Kier molecular flexibility index (Phi) is 6.95. The van der Waals surface area contributed by atoms with Gasteiger partial charge in [-0.15, -0.1) is 11.3 Å². The predicted molar refractivity (Wildman–Crippen MR) is 112 cm³/mol. The number of fused-ring (bicyclic) bond motifs is 1. The van der Waals surface area contributed by atoms with Crippen molar-refractivity contribution in [1.29, 1.82) is 0 Å². The maximum absolute atomic E-state index is 14.5. The Morgan fingerprint density at radius 1 is 1.10 bits per heavy atom. The van der Waals surface area contributed by atoms with Crippen LogP contribution in [-0.4, -0.2) is 50.0 Å². The van der Waals surface area contributed by atoms with Crippen LogP contribution >= 0.6 is 11.3 Å². The standard InChI is InChI=1S/C22H24F2N2O2S/c1-25(2)10-11-26(13-15-6-4-7-16(23)12-15)22(27)21-17(14-28-3)20-18(24)8-5-9-19(20)29-21/h4-9,12H,10-11,13-14H2,1-3H3. The van der Waals surface area contributed by atoms with Gasteiger partial charge in [0.1, 0.15) is 11.6 Å². The van der Waals surface area contributed by atoms with Gasteiger partial charge in [0.25, 0.3) is 5.91 Å². The molecule has 0 saturated heterocycles. The molecule has 0 aliphatic heterocycles. The maximum atomic E-state index is 14.5. The van der Waals surface area contributed by atoms with Crippen molar-refractivity contribution in [2.75, 3.05) is 34.3 Å². The second-order valence-corrected chi connectivity index (χ2v) is 8.17. The highest BCUT2D eigenvalue weighted by Crippen LogP contribution is 2.34. The summed E-state index contributed by atoms with van der Waals surface area (Å²) in [4.78, 5) is 17.6. The van der Waals surface area contributed by atoms with Crippen LogP contribution in [-0.2, 0) is 17.9 Å². The molecule has 0 N–H and O–H groups in total. The zero-order valence-electron chi connectivity index (χ0n) is 16.7. The lowest BCUT2D eigenvalue weighted by Gasteiger charge is -2.24. The van der Waals surface area contributed by atoms with E-state index in [1.165, 1.54) is 36.6 Å². The molecule has 0 fully saturated rings. The maximum Gasteiger partial charge on any atom is 0.264 e. The predicted octanol–water partition coefficient (Wildman–Crippen LogP) is 4.53. The fraction of sp³-hybridized carbons (Fsp3) is 0.318. The molecule has 0 aliphatic rings. The Morgan fingerprint density at radius 2 is 1.86 bits per heavy atom. The molecular weight excluding hydrogens is 394 g/mol. The van der Waals surface area contributed by atoms with E-state index in [1.807, 2.05) is 19.0 Å². The van der Waals surface area contributed by atoms with E-state index in [4.69, 9.17) is 4.74 Å². The minimum absolute atomic E-state index is 0.142. The van der Waals surface area contributed by atoms with E-state index < -0.39 is 0 Å². The average molecular weight is 419 g/mol. The number of rotatable bonds is 8. The molecule has 1 heterocycles. The Labute approximate surface area is 173 Å². The highest BCUT2D eigenvalue weighted by atomic mass is 32.1. The van der Waals surface area contributed by atoms with Crippen LogP contribution in [0.4, 0.5) is 8.78 Å². The molecule has 29 heavy (non-hydrogen) atoms. The summed E-state index contributed by atoms with van der Waals surface area (Å²) < 4.78 is 34.1. The lowest BCUT2D eigenvalue weighted by molar-refractivity contribution is 0.0732. The van der Waals surface area contributed by atoms with E-state index >= 15 is 0 Å². The van der Waals surface area contributed by atoms with Crippen LogP contribution in [0.25, 0.3) is 10.1 Å². The lowest BCUT2D eigenvalue weighted by Crippen LogP contribution is -2.36. The van der Waals surface area contributed by atoms with E-state index in [2.05, 4.69) is 0 Å². The van der Waals surface area contributed by atoms with Gasteiger partial charge in [0, 0.05) is 42.4 Å². The number of halogens is 2. The summed E-state index contributed by atoms with van der Waals surface area (Å²) in [7, 11) is 5.38. The fourth-order valence-corrected chi connectivity index (χ4v) is 4.38. The molecule has 4 nitrogen and oxygen atoms in total. The number of hydrogen-bond acceptors (Lipinski definition) is 4. The first-order chi connectivity index (χ1) is 13.9. The van der Waals surface area contributed by atoms with Gasteiger partial charge in [-0.2, -0.15) is 0 Å². The number of hydrogen-bond donors (Lipinski definition) is 0. The fourth-order valence-electron chi connectivity index (χ4n) is 3.19. The summed E-state index contributed by atoms with van der Waals surface area (Å²) in [5.41, 5.74) is 1.27. The van der Waals surface area contributed by atoms with Crippen molar-refractivity contribution in [3.8, 4) is 0 Å². The van der Waals surface area contributed by atoms with Crippen LogP contribution in [0, 0.1) is 11.6 Å². The van der Waals surface area contributed by atoms with Crippen molar-refractivity contribution in [3.63, 3.8) is 0 Å². The summed E-state index contributed by atoms with van der Waals surface area (Å²) in [6, 6.07) is 11.0. The molecule has 0 bridgehead atoms. The number of ether oxygens (including phenoxy) is 1. The summed E-state index contributed by atoms with van der Waals surface area (Å²) in [6.45, 7) is 1.53. The van der Waals surface area contributed by atoms with Gasteiger partial charge in [-0.05, 0) is 43.9 Å². The normalized spacial score (nSPS) is 11.4. The molecule has 0 aliphatic carbocycles. The minimum atomic E-state index is -0.366. The van der Waals surface area contributed by atoms with Gasteiger partial charge in [-0.1, -0.05) is 18.2 Å². The second-order valence-electron chi connectivity index (χ2n) is 7.12. The quantitative estimate of drug-likeness (QED) is 0.539. The molecule has 3 rings (SSSR count). The number of methoxy groups -OCH3 is 1. The molecule has 0 atom stereocenters. The summed E-state index contributed by atoms with van der Waals surface area (Å²) in [5.74, 6) is -0.912. The van der Waals surface area contributed by atoms with Crippen LogP contribution < -0.4 is 0 Å². The number of nitrogens with zero attached hydrogens (tertiary/aromatic N) is 2. The number of benzene rings is 2. The van der Waals surface area contributed by atoms with Gasteiger partial charge < -0.3 is 14.5 Å².